The Bertz CT molecular complexity index is 994. The van der Waals surface area contributed by atoms with E-state index in [4.69, 9.17) is 0 Å². The molecule has 6 nitrogen and oxygen atoms in total. The van der Waals surface area contributed by atoms with Crippen molar-refractivity contribution in [2.24, 2.45) is 0 Å². The highest BCUT2D eigenvalue weighted by molar-refractivity contribution is 5.76. The van der Waals surface area contributed by atoms with Crippen molar-refractivity contribution >= 4 is 5.91 Å². The molecule has 0 radical (unpaired) electrons. The topological polar surface area (TPSA) is 72.7 Å². The molecule has 144 valence electrons. The lowest BCUT2D eigenvalue weighted by Gasteiger charge is -2.20. The number of nitrogens with zero attached hydrogens (tertiary/aromatic N) is 4. The largest absolute Gasteiger partial charge is 0.348 e. The highest BCUT2D eigenvalue weighted by Crippen LogP contribution is 2.24. The molecular weight excluding hydrogens is 350 g/mol. The van der Waals surface area contributed by atoms with Crippen LogP contribution in [0.2, 0.25) is 0 Å². The molecule has 0 bridgehead atoms. The summed E-state index contributed by atoms with van der Waals surface area (Å²) in [4.78, 5) is 13.8. The smallest absolute Gasteiger partial charge is 0.244 e. The highest BCUT2D eigenvalue weighted by Gasteiger charge is 2.16. The number of fused-ring (bicyclic) bond motifs is 1. The third kappa shape index (κ3) is 3.96. The number of carbonyl (C=O) groups excluding carboxylic acids is 1. The number of hydrogen-bond acceptors (Lipinski definition) is 4. The maximum Gasteiger partial charge on any atom is 0.244 e. The van der Waals surface area contributed by atoms with Gasteiger partial charge in [-0.25, -0.2) is 0 Å². The van der Waals surface area contributed by atoms with E-state index in [1.54, 1.807) is 0 Å². The number of nitrogens with one attached hydrogen (secondary N) is 1. The van der Waals surface area contributed by atoms with Crippen LogP contribution < -0.4 is 5.32 Å². The first-order chi connectivity index (χ1) is 13.6. The molecule has 0 unspecified atom stereocenters. The molecule has 1 atom stereocenters. The van der Waals surface area contributed by atoms with Crippen molar-refractivity contribution in [2.45, 2.75) is 52.1 Å². The number of aromatic nitrogens is 4. The molecule has 1 amide bonds. The fraction of sp³-hybridized carbons (Fsp3) is 0.364. The highest BCUT2D eigenvalue weighted by atomic mass is 16.2. The Balaban J connectivity index is 1.40. The Morgan fingerprint density at radius 2 is 1.93 bits per heavy atom. The van der Waals surface area contributed by atoms with Gasteiger partial charge in [-0.2, -0.15) is 4.80 Å². The summed E-state index contributed by atoms with van der Waals surface area (Å²) in [5, 5.41) is 15.5. The van der Waals surface area contributed by atoms with Crippen molar-refractivity contribution in [2.75, 3.05) is 0 Å². The Morgan fingerprint density at radius 3 is 2.75 bits per heavy atom. The van der Waals surface area contributed by atoms with Crippen molar-refractivity contribution < 1.29 is 4.79 Å². The van der Waals surface area contributed by atoms with Gasteiger partial charge in [-0.1, -0.05) is 42.5 Å². The lowest BCUT2D eigenvalue weighted by atomic mass is 9.89. The molecule has 1 N–H and O–H groups in total. The zero-order chi connectivity index (χ0) is 19.5. The molecule has 3 aromatic rings. The summed E-state index contributed by atoms with van der Waals surface area (Å²) in [7, 11) is 0. The molecule has 6 heteroatoms. The van der Waals surface area contributed by atoms with Gasteiger partial charge in [0, 0.05) is 5.56 Å². The molecule has 1 heterocycles. The summed E-state index contributed by atoms with van der Waals surface area (Å²) in [6.07, 6.45) is 4.82. The number of hydrogen-bond donors (Lipinski definition) is 1. The van der Waals surface area contributed by atoms with Gasteiger partial charge in [0.1, 0.15) is 6.54 Å². The fourth-order valence-corrected chi connectivity index (χ4v) is 3.76. The van der Waals surface area contributed by atoms with Gasteiger partial charge >= 0.3 is 0 Å². The average Bonchev–Trinajstić information content (AvgIpc) is 3.15. The molecule has 1 aromatic heterocycles. The van der Waals surface area contributed by atoms with Crippen LogP contribution in [0.3, 0.4) is 0 Å². The Labute approximate surface area is 165 Å². The summed E-state index contributed by atoms with van der Waals surface area (Å²) < 4.78 is 0. The molecule has 1 aliphatic carbocycles. The van der Waals surface area contributed by atoms with E-state index in [9.17, 15) is 4.79 Å². The van der Waals surface area contributed by atoms with Gasteiger partial charge in [0.25, 0.3) is 0 Å². The van der Waals surface area contributed by atoms with E-state index in [2.05, 4.69) is 38.9 Å². The third-order valence-electron chi connectivity index (χ3n) is 5.37. The van der Waals surface area contributed by atoms with Crippen LogP contribution in [0.4, 0.5) is 0 Å². The fourth-order valence-electron chi connectivity index (χ4n) is 3.76. The molecule has 28 heavy (non-hydrogen) atoms. The predicted molar refractivity (Wildman–Crippen MR) is 108 cm³/mol. The summed E-state index contributed by atoms with van der Waals surface area (Å²) in [5.74, 6) is 0.410. The number of rotatable bonds is 5. The minimum absolute atomic E-state index is 0.0498. The lowest BCUT2D eigenvalue weighted by Crippen LogP contribution is -2.31. The molecule has 0 fully saturated rings. The van der Waals surface area contributed by atoms with E-state index in [-0.39, 0.29) is 18.5 Å². The number of amides is 1. The molecule has 2 aromatic carbocycles. The van der Waals surface area contributed by atoms with Crippen LogP contribution in [0.1, 0.15) is 48.1 Å². The zero-order valence-corrected chi connectivity index (χ0v) is 16.4. The second kappa shape index (κ2) is 7.92. The zero-order valence-electron chi connectivity index (χ0n) is 16.4. The van der Waals surface area contributed by atoms with Gasteiger partial charge in [0.2, 0.25) is 11.7 Å². The number of tetrazole rings is 1. The van der Waals surface area contributed by atoms with Crippen LogP contribution in [0.25, 0.3) is 11.4 Å². The quantitative estimate of drug-likeness (QED) is 0.742. The van der Waals surface area contributed by atoms with Crippen LogP contribution in [-0.2, 0) is 24.2 Å². The first-order valence-corrected chi connectivity index (χ1v) is 9.85. The van der Waals surface area contributed by atoms with Gasteiger partial charge in [0.15, 0.2) is 0 Å². The molecule has 0 saturated heterocycles. The summed E-state index contributed by atoms with van der Waals surface area (Å²) in [6.45, 7) is 4.06. The van der Waals surface area contributed by atoms with E-state index >= 15 is 0 Å². The summed E-state index contributed by atoms with van der Waals surface area (Å²) in [6, 6.07) is 14.4. The molecule has 4 rings (SSSR count). The van der Waals surface area contributed by atoms with E-state index in [1.807, 2.05) is 38.1 Å². The second-order valence-electron chi connectivity index (χ2n) is 7.48. The van der Waals surface area contributed by atoms with Crippen LogP contribution >= 0.6 is 0 Å². The maximum absolute atomic E-state index is 12.5. The monoisotopic (exact) mass is 375 g/mol. The van der Waals surface area contributed by atoms with Gasteiger partial charge in [-0.15, -0.1) is 10.2 Å². The standard InChI is InChI=1S/C22H25N5O/c1-15-7-3-6-10-20(15)22-24-26-27(25-22)14-21(28)23-16(2)18-12-11-17-8-4-5-9-19(17)13-18/h3,6-7,10-13,16H,4-5,8-9,14H2,1-2H3,(H,23,28)/t16-/m1/s1. The van der Waals surface area contributed by atoms with Crippen LogP contribution in [0.15, 0.2) is 42.5 Å². The first kappa shape index (κ1) is 18.3. The number of benzene rings is 2. The molecular formula is C22H25N5O. The Kier molecular flexibility index (Phi) is 5.19. The lowest BCUT2D eigenvalue weighted by molar-refractivity contribution is -0.122. The van der Waals surface area contributed by atoms with Crippen molar-refractivity contribution in [1.29, 1.82) is 0 Å². The summed E-state index contributed by atoms with van der Waals surface area (Å²) in [5.41, 5.74) is 6.01. The second-order valence-corrected chi connectivity index (χ2v) is 7.48. The first-order valence-electron chi connectivity index (χ1n) is 9.85. The Morgan fingerprint density at radius 1 is 1.14 bits per heavy atom. The van der Waals surface area contributed by atoms with Crippen molar-refractivity contribution in [3.8, 4) is 11.4 Å². The van der Waals surface area contributed by atoms with Crippen molar-refractivity contribution in [3.63, 3.8) is 0 Å². The van der Waals surface area contributed by atoms with Crippen LogP contribution in [0, 0.1) is 6.92 Å². The van der Waals surface area contributed by atoms with Crippen molar-refractivity contribution in [3.05, 3.63) is 64.7 Å². The van der Waals surface area contributed by atoms with E-state index in [1.165, 1.54) is 28.8 Å². The van der Waals surface area contributed by atoms with E-state index < -0.39 is 0 Å². The van der Waals surface area contributed by atoms with Crippen LogP contribution in [-0.4, -0.2) is 26.1 Å². The average molecular weight is 375 g/mol. The van der Waals surface area contributed by atoms with Crippen molar-refractivity contribution in [1.82, 2.24) is 25.5 Å². The maximum atomic E-state index is 12.5. The van der Waals surface area contributed by atoms with Gasteiger partial charge in [0.05, 0.1) is 6.04 Å². The molecule has 0 spiro atoms. The van der Waals surface area contributed by atoms with Crippen LogP contribution in [0.5, 0.6) is 0 Å². The SMILES string of the molecule is Cc1ccccc1-c1nnn(CC(=O)N[C@H](C)c2ccc3c(c2)CCCC3)n1. The normalized spacial score (nSPS) is 14.4. The number of carbonyl (C=O) groups is 1. The molecule has 0 aliphatic heterocycles. The van der Waals surface area contributed by atoms with Gasteiger partial charge in [-0.3, -0.25) is 4.79 Å². The van der Waals surface area contributed by atoms with E-state index in [0.717, 1.165) is 29.5 Å². The van der Waals surface area contributed by atoms with Gasteiger partial charge in [-0.05, 0) is 67.0 Å². The summed E-state index contributed by atoms with van der Waals surface area (Å²) >= 11 is 0. The molecule has 0 saturated carbocycles. The minimum Gasteiger partial charge on any atom is -0.348 e. The third-order valence-corrected chi connectivity index (χ3v) is 5.37. The Hall–Kier alpha value is -3.02. The van der Waals surface area contributed by atoms with E-state index in [0.29, 0.717) is 5.82 Å². The number of aryl methyl sites for hydroxylation is 3. The van der Waals surface area contributed by atoms with Gasteiger partial charge < -0.3 is 5.32 Å². The predicted octanol–water partition coefficient (Wildman–Crippen LogP) is 3.40. The molecule has 1 aliphatic rings. The minimum atomic E-state index is -0.126.